The number of carbonyl (C=O) groups excluding carboxylic acids is 1. The van der Waals surface area contributed by atoms with Crippen LogP contribution in [0, 0.1) is 11.3 Å². The van der Waals surface area contributed by atoms with Gasteiger partial charge in [-0.3, -0.25) is 4.84 Å². The van der Waals surface area contributed by atoms with E-state index in [1.165, 1.54) is 4.31 Å². The lowest BCUT2D eigenvalue weighted by Gasteiger charge is -2.30. The third kappa shape index (κ3) is 7.08. The van der Waals surface area contributed by atoms with Crippen LogP contribution in [0.1, 0.15) is 19.3 Å². The van der Waals surface area contributed by atoms with Crippen LogP contribution >= 0.6 is 0 Å². The molecule has 0 spiro atoms. The molecule has 0 bridgehead atoms. The van der Waals surface area contributed by atoms with Crippen molar-refractivity contribution >= 4 is 16.1 Å². The zero-order valence-electron chi connectivity index (χ0n) is 15.1. The van der Waals surface area contributed by atoms with Crippen LogP contribution in [-0.4, -0.2) is 50.9 Å². The molecule has 0 unspecified atom stereocenters. The number of hydroxylamine groups is 1. The van der Waals surface area contributed by atoms with Gasteiger partial charge in [0.1, 0.15) is 5.75 Å². The Morgan fingerprint density at radius 3 is 2.41 bits per heavy atom. The van der Waals surface area contributed by atoms with Crippen LogP contribution in [-0.2, 0) is 14.9 Å². The molecule has 2 N–H and O–H groups in total. The van der Waals surface area contributed by atoms with Gasteiger partial charge in [0.2, 0.25) is 10.0 Å². The number of urea groups is 1. The van der Waals surface area contributed by atoms with Gasteiger partial charge in [-0.1, -0.05) is 0 Å². The van der Waals surface area contributed by atoms with E-state index >= 15 is 0 Å². The van der Waals surface area contributed by atoms with E-state index in [-0.39, 0.29) is 31.0 Å². The van der Waals surface area contributed by atoms with Crippen molar-refractivity contribution in [1.29, 1.82) is 5.26 Å². The van der Waals surface area contributed by atoms with E-state index in [2.05, 4.69) is 15.5 Å². The molecule has 13 heteroatoms. The fourth-order valence-electron chi connectivity index (χ4n) is 2.56. The Balaban J connectivity index is 1.85. The molecule has 1 aliphatic heterocycles. The topological polar surface area (TPSA) is 121 Å². The molecule has 0 aromatic heterocycles. The Morgan fingerprint density at radius 2 is 1.86 bits per heavy atom. The molecule has 1 fully saturated rings. The molecule has 2 rings (SSSR count). The van der Waals surface area contributed by atoms with E-state index in [0.29, 0.717) is 12.8 Å². The van der Waals surface area contributed by atoms with Crippen LogP contribution in [0.3, 0.4) is 0 Å². The Morgan fingerprint density at radius 1 is 1.24 bits per heavy atom. The lowest BCUT2D eigenvalue weighted by molar-refractivity contribution is -0.274. The zero-order chi connectivity index (χ0) is 21.5. The molecule has 1 saturated heterocycles. The summed E-state index contributed by atoms with van der Waals surface area (Å²) in [7, 11) is -3.88. The Bertz CT molecular complexity index is 832. The second-order valence-electron chi connectivity index (χ2n) is 6.01. The van der Waals surface area contributed by atoms with E-state index in [0.717, 1.165) is 24.3 Å². The van der Waals surface area contributed by atoms with E-state index in [4.69, 9.17) is 10.1 Å². The van der Waals surface area contributed by atoms with Gasteiger partial charge in [0, 0.05) is 19.6 Å². The van der Waals surface area contributed by atoms with E-state index in [1.807, 2.05) is 6.07 Å². The number of nitrogens with zero attached hydrogens (tertiary/aromatic N) is 2. The van der Waals surface area contributed by atoms with Gasteiger partial charge in [0.25, 0.3) is 0 Å². The first-order valence-corrected chi connectivity index (χ1v) is 9.98. The minimum absolute atomic E-state index is 0.117. The maximum absolute atomic E-state index is 12.6. The van der Waals surface area contributed by atoms with Crippen molar-refractivity contribution in [3.05, 3.63) is 24.3 Å². The lowest BCUT2D eigenvalue weighted by Crippen LogP contribution is -2.44. The Kier molecular flexibility index (Phi) is 7.66. The molecule has 1 aromatic rings. The van der Waals surface area contributed by atoms with Crippen LogP contribution < -0.4 is 15.5 Å². The van der Waals surface area contributed by atoms with Crippen molar-refractivity contribution in [3.8, 4) is 11.8 Å². The fourth-order valence-corrected chi connectivity index (χ4v) is 4.03. The van der Waals surface area contributed by atoms with Gasteiger partial charge < -0.3 is 10.1 Å². The van der Waals surface area contributed by atoms with Crippen molar-refractivity contribution in [3.63, 3.8) is 0 Å². The number of sulfonamides is 1. The number of alkyl halides is 3. The van der Waals surface area contributed by atoms with Gasteiger partial charge in [-0.05, 0) is 37.1 Å². The summed E-state index contributed by atoms with van der Waals surface area (Å²) in [6.45, 7) is 0.409. The predicted octanol–water partition coefficient (Wildman–Crippen LogP) is 1.88. The summed E-state index contributed by atoms with van der Waals surface area (Å²) in [6, 6.07) is 5.24. The fraction of sp³-hybridized carbons (Fsp3) is 0.500. The highest BCUT2D eigenvalue weighted by Crippen LogP contribution is 2.26. The number of carbonyl (C=O) groups is 1. The molecule has 1 heterocycles. The number of piperidine rings is 1. The van der Waals surface area contributed by atoms with Crippen molar-refractivity contribution in [2.75, 3.05) is 19.6 Å². The first kappa shape index (κ1) is 22.7. The second kappa shape index (κ2) is 9.77. The van der Waals surface area contributed by atoms with Crippen LogP contribution in [0.15, 0.2) is 29.2 Å². The zero-order valence-corrected chi connectivity index (χ0v) is 15.9. The maximum Gasteiger partial charge on any atom is 0.573 e. The number of amides is 2. The highest BCUT2D eigenvalue weighted by Gasteiger charge is 2.32. The van der Waals surface area contributed by atoms with Gasteiger partial charge in [-0.15, -0.1) is 13.2 Å². The number of ether oxygens (including phenoxy) is 1. The lowest BCUT2D eigenvalue weighted by atomic mass is 10.1. The number of nitriles is 1. The number of benzene rings is 1. The second-order valence-corrected chi connectivity index (χ2v) is 7.94. The Hall–Kier alpha value is -2.56. The van der Waals surface area contributed by atoms with Crippen LogP contribution in [0.2, 0.25) is 0 Å². The molecule has 0 atom stereocenters. The summed E-state index contributed by atoms with van der Waals surface area (Å²) in [5, 5.41) is 10.8. The molecule has 0 saturated carbocycles. The number of hydrogen-bond donors (Lipinski definition) is 2. The van der Waals surface area contributed by atoms with Gasteiger partial charge >= 0.3 is 12.4 Å². The minimum Gasteiger partial charge on any atom is -0.406 e. The average Bonchev–Trinajstić information content (AvgIpc) is 2.66. The normalized spacial score (nSPS) is 16.1. The molecule has 2 amide bonds. The van der Waals surface area contributed by atoms with E-state index < -0.39 is 34.3 Å². The maximum atomic E-state index is 12.6. The number of hydrogen-bond acceptors (Lipinski definition) is 6. The summed E-state index contributed by atoms with van der Waals surface area (Å²) < 4.78 is 66.7. The average molecular weight is 436 g/mol. The monoisotopic (exact) mass is 436 g/mol. The Labute approximate surface area is 165 Å². The number of rotatable bonds is 7. The highest BCUT2D eigenvalue weighted by atomic mass is 32.2. The molecular weight excluding hydrogens is 417 g/mol. The van der Waals surface area contributed by atoms with E-state index in [9.17, 15) is 26.4 Å². The standard InChI is InChI=1S/C16H19F3N4O5S/c17-16(18,19)27-12-2-4-14(5-3-12)29(25,26)23-10-6-13(7-11-23)28-22-15(24)21-9-1-8-20/h2-5,13H,1,6-7,9-11H2,(H2,21,22,24). The van der Waals surface area contributed by atoms with Crippen molar-refractivity contribution < 1.29 is 36.0 Å². The smallest absolute Gasteiger partial charge is 0.406 e. The third-order valence-electron chi connectivity index (χ3n) is 3.94. The first-order valence-electron chi connectivity index (χ1n) is 8.54. The quantitative estimate of drug-likeness (QED) is 0.497. The summed E-state index contributed by atoms with van der Waals surface area (Å²) >= 11 is 0. The summed E-state index contributed by atoms with van der Waals surface area (Å²) in [5.74, 6) is -0.511. The largest absolute Gasteiger partial charge is 0.573 e. The molecule has 1 aliphatic rings. The van der Waals surface area contributed by atoms with Crippen LogP contribution in [0.25, 0.3) is 0 Å². The van der Waals surface area contributed by atoms with Gasteiger partial charge in [-0.2, -0.15) is 9.57 Å². The molecule has 160 valence electrons. The molecule has 9 nitrogen and oxygen atoms in total. The van der Waals surface area contributed by atoms with Crippen molar-refractivity contribution in [2.45, 2.75) is 36.6 Å². The van der Waals surface area contributed by atoms with E-state index in [1.54, 1.807) is 0 Å². The number of nitrogens with one attached hydrogen (secondary N) is 2. The summed E-state index contributed by atoms with van der Waals surface area (Å²) in [6.07, 6.45) is -4.47. The molecular formula is C16H19F3N4O5S. The van der Waals surface area contributed by atoms with Gasteiger partial charge in [-0.25, -0.2) is 18.7 Å². The minimum atomic E-state index is -4.86. The highest BCUT2D eigenvalue weighted by molar-refractivity contribution is 7.89. The first-order chi connectivity index (χ1) is 13.6. The SMILES string of the molecule is N#CCCNC(=O)NOC1CCN(S(=O)(=O)c2ccc(OC(F)(F)F)cc2)CC1. The van der Waals surface area contributed by atoms with Crippen LogP contribution in [0.5, 0.6) is 5.75 Å². The van der Waals surface area contributed by atoms with Crippen LogP contribution in [0.4, 0.5) is 18.0 Å². The molecule has 0 radical (unpaired) electrons. The van der Waals surface area contributed by atoms with Gasteiger partial charge in [0.15, 0.2) is 0 Å². The summed E-state index contributed by atoms with van der Waals surface area (Å²) in [4.78, 5) is 16.5. The van der Waals surface area contributed by atoms with Crippen molar-refractivity contribution in [1.82, 2.24) is 15.1 Å². The van der Waals surface area contributed by atoms with Crippen molar-refractivity contribution in [2.24, 2.45) is 0 Å². The third-order valence-corrected chi connectivity index (χ3v) is 5.85. The molecule has 1 aromatic carbocycles. The molecule has 0 aliphatic carbocycles. The molecule has 29 heavy (non-hydrogen) atoms. The predicted molar refractivity (Wildman–Crippen MR) is 92.8 cm³/mol. The number of halogens is 3. The van der Waals surface area contributed by atoms with Gasteiger partial charge in [0.05, 0.1) is 23.5 Å². The summed E-state index contributed by atoms with van der Waals surface area (Å²) in [5.41, 5.74) is 2.19.